The maximum Gasteiger partial charge on any atom is 0.231 e. The van der Waals surface area contributed by atoms with Crippen LogP contribution >= 0.6 is 11.3 Å². The number of methoxy groups -OCH3 is 1. The first kappa shape index (κ1) is 18.3. The number of para-hydroxylation sites is 1. The molecule has 1 aromatic heterocycles. The third-order valence-electron chi connectivity index (χ3n) is 4.16. The van der Waals surface area contributed by atoms with E-state index in [9.17, 15) is 9.59 Å². The first-order valence-corrected chi connectivity index (χ1v) is 9.35. The summed E-state index contributed by atoms with van der Waals surface area (Å²) >= 11 is 1.28. The van der Waals surface area contributed by atoms with Crippen molar-refractivity contribution in [1.29, 1.82) is 0 Å². The van der Waals surface area contributed by atoms with Crippen LogP contribution in [-0.2, 0) is 9.59 Å². The second-order valence-corrected chi connectivity index (χ2v) is 7.67. The van der Waals surface area contributed by atoms with Gasteiger partial charge in [0.1, 0.15) is 5.75 Å². The minimum Gasteiger partial charge on any atom is -0.496 e. The fourth-order valence-corrected chi connectivity index (χ4v) is 3.75. The lowest BCUT2D eigenvalue weighted by Gasteiger charge is -2.18. The number of benzene rings is 1. The van der Waals surface area contributed by atoms with Gasteiger partial charge in [0.15, 0.2) is 5.01 Å². The Labute approximate surface area is 156 Å². The normalized spacial score (nSPS) is 17.0. The lowest BCUT2D eigenvalue weighted by Crippen LogP contribution is -2.31. The molecule has 1 aliphatic heterocycles. The van der Waals surface area contributed by atoms with E-state index < -0.39 is 0 Å². The molecule has 3 rings (SSSR count). The molecule has 0 radical (unpaired) electrons. The number of carbonyl (C=O) groups excluding carboxylic acids is 2. The number of ether oxygens (including phenoxy) is 1. The fraction of sp³-hybridized carbons (Fsp3) is 0.444. The average Bonchev–Trinajstić information content (AvgIpc) is 3.21. The number of amides is 2. The van der Waals surface area contributed by atoms with Gasteiger partial charge in [0.2, 0.25) is 16.9 Å². The van der Waals surface area contributed by atoms with E-state index in [4.69, 9.17) is 4.74 Å². The molecule has 2 amide bonds. The molecule has 2 heterocycles. The minimum atomic E-state index is -0.347. The molecule has 1 saturated heterocycles. The van der Waals surface area contributed by atoms with Gasteiger partial charge in [-0.05, 0) is 18.1 Å². The Hall–Kier alpha value is -2.48. The summed E-state index contributed by atoms with van der Waals surface area (Å²) in [5.74, 6) is 0.581. The topological polar surface area (TPSA) is 84.4 Å². The van der Waals surface area contributed by atoms with E-state index in [0.717, 1.165) is 5.56 Å². The molecule has 1 aliphatic rings. The quantitative estimate of drug-likeness (QED) is 0.840. The molecule has 1 fully saturated rings. The van der Waals surface area contributed by atoms with Crippen molar-refractivity contribution in [3.63, 3.8) is 0 Å². The summed E-state index contributed by atoms with van der Waals surface area (Å²) in [4.78, 5) is 26.3. The van der Waals surface area contributed by atoms with Gasteiger partial charge >= 0.3 is 0 Å². The summed E-state index contributed by atoms with van der Waals surface area (Å²) in [6.07, 6.45) is 0.247. The number of likely N-dealkylation sites (tertiary alicyclic amines) is 1. The first-order valence-electron chi connectivity index (χ1n) is 8.53. The molecule has 0 bridgehead atoms. The van der Waals surface area contributed by atoms with E-state index in [1.807, 2.05) is 24.3 Å². The third kappa shape index (κ3) is 4.01. The molecular weight excluding hydrogens is 352 g/mol. The number of anilines is 1. The molecular formula is C18H22N4O3S. The lowest BCUT2D eigenvalue weighted by atomic mass is 10.1. The SMILES string of the molecule is COc1ccccc1-c1nnc(NC(=O)[C@H]2CC(=O)N(CC(C)C)C2)s1. The van der Waals surface area contributed by atoms with Crippen molar-refractivity contribution in [3.8, 4) is 16.3 Å². The van der Waals surface area contributed by atoms with Gasteiger partial charge in [-0.15, -0.1) is 10.2 Å². The van der Waals surface area contributed by atoms with E-state index in [2.05, 4.69) is 29.4 Å². The largest absolute Gasteiger partial charge is 0.496 e. The standard InChI is InChI=1S/C18H22N4O3S/c1-11(2)9-22-10-12(8-15(22)23)16(24)19-18-21-20-17(26-18)13-6-4-5-7-14(13)25-3/h4-7,11-12H,8-10H2,1-3H3,(H,19,21,24)/t12-/m0/s1. The lowest BCUT2D eigenvalue weighted by molar-refractivity contribution is -0.128. The highest BCUT2D eigenvalue weighted by atomic mass is 32.1. The summed E-state index contributed by atoms with van der Waals surface area (Å²) in [5.41, 5.74) is 0.826. The summed E-state index contributed by atoms with van der Waals surface area (Å²) < 4.78 is 5.34. The van der Waals surface area contributed by atoms with Crippen LogP contribution in [0.3, 0.4) is 0 Å². The summed E-state index contributed by atoms with van der Waals surface area (Å²) in [6, 6.07) is 7.52. The molecule has 0 spiro atoms. The highest BCUT2D eigenvalue weighted by Gasteiger charge is 2.34. The Morgan fingerprint density at radius 2 is 2.15 bits per heavy atom. The Bertz CT molecular complexity index is 805. The molecule has 8 heteroatoms. The van der Waals surface area contributed by atoms with Crippen LogP contribution in [0.2, 0.25) is 0 Å². The van der Waals surface area contributed by atoms with Crippen LogP contribution in [0, 0.1) is 11.8 Å². The number of nitrogens with zero attached hydrogens (tertiary/aromatic N) is 3. The van der Waals surface area contributed by atoms with Crippen LogP contribution < -0.4 is 10.1 Å². The smallest absolute Gasteiger partial charge is 0.231 e. The first-order chi connectivity index (χ1) is 12.5. The van der Waals surface area contributed by atoms with Crippen molar-refractivity contribution in [3.05, 3.63) is 24.3 Å². The van der Waals surface area contributed by atoms with E-state index >= 15 is 0 Å². The molecule has 7 nitrogen and oxygen atoms in total. The molecule has 1 N–H and O–H groups in total. The summed E-state index contributed by atoms with van der Waals surface area (Å²) in [6.45, 7) is 5.25. The third-order valence-corrected chi connectivity index (χ3v) is 5.04. The van der Waals surface area contributed by atoms with E-state index in [1.54, 1.807) is 12.0 Å². The van der Waals surface area contributed by atoms with E-state index in [0.29, 0.717) is 34.9 Å². The summed E-state index contributed by atoms with van der Waals surface area (Å²) in [5, 5.41) is 12.1. The van der Waals surface area contributed by atoms with Gasteiger partial charge in [0.25, 0.3) is 0 Å². The maximum atomic E-state index is 12.5. The molecule has 1 atom stereocenters. The number of aromatic nitrogens is 2. The highest BCUT2D eigenvalue weighted by molar-refractivity contribution is 7.18. The van der Waals surface area contributed by atoms with E-state index in [-0.39, 0.29) is 24.2 Å². The zero-order valence-electron chi connectivity index (χ0n) is 15.1. The molecule has 1 aromatic carbocycles. The molecule has 26 heavy (non-hydrogen) atoms. The van der Waals surface area contributed by atoms with Gasteiger partial charge < -0.3 is 15.0 Å². The van der Waals surface area contributed by atoms with Gasteiger partial charge in [-0.3, -0.25) is 9.59 Å². The Kier molecular flexibility index (Phi) is 5.51. The molecule has 0 unspecified atom stereocenters. The Morgan fingerprint density at radius 3 is 2.88 bits per heavy atom. The monoisotopic (exact) mass is 374 g/mol. The number of carbonyl (C=O) groups is 2. The van der Waals surface area contributed by atoms with Gasteiger partial charge in [0.05, 0.1) is 18.6 Å². The van der Waals surface area contributed by atoms with Gasteiger partial charge in [0, 0.05) is 19.5 Å². The molecule has 2 aromatic rings. The minimum absolute atomic E-state index is 0.0332. The second kappa shape index (κ2) is 7.82. The number of hydrogen-bond acceptors (Lipinski definition) is 6. The predicted molar refractivity (Wildman–Crippen MR) is 100 cm³/mol. The highest BCUT2D eigenvalue weighted by Crippen LogP contribution is 2.33. The van der Waals surface area contributed by atoms with Crippen molar-refractivity contribution >= 4 is 28.3 Å². The van der Waals surface area contributed by atoms with Crippen LogP contribution in [0.1, 0.15) is 20.3 Å². The zero-order chi connectivity index (χ0) is 18.7. The zero-order valence-corrected chi connectivity index (χ0v) is 15.9. The van der Waals surface area contributed by atoms with Crippen molar-refractivity contribution in [2.75, 3.05) is 25.5 Å². The second-order valence-electron chi connectivity index (χ2n) is 6.70. The maximum absolute atomic E-state index is 12.5. The number of rotatable bonds is 6. The van der Waals surface area contributed by atoms with E-state index in [1.165, 1.54) is 11.3 Å². The predicted octanol–water partition coefficient (Wildman–Crippen LogP) is 2.66. The molecule has 138 valence electrons. The van der Waals surface area contributed by atoms with Gasteiger partial charge in [-0.25, -0.2) is 0 Å². The van der Waals surface area contributed by atoms with Crippen LogP contribution in [-0.4, -0.2) is 47.1 Å². The fourth-order valence-electron chi connectivity index (χ4n) is 2.98. The van der Waals surface area contributed by atoms with Gasteiger partial charge in [-0.2, -0.15) is 0 Å². The van der Waals surface area contributed by atoms with Crippen LogP contribution in [0.5, 0.6) is 5.75 Å². The number of hydrogen-bond donors (Lipinski definition) is 1. The van der Waals surface area contributed by atoms with Crippen LogP contribution in [0.25, 0.3) is 10.6 Å². The average molecular weight is 374 g/mol. The van der Waals surface area contributed by atoms with Crippen molar-refractivity contribution in [1.82, 2.24) is 15.1 Å². The summed E-state index contributed by atoms with van der Waals surface area (Å²) in [7, 11) is 1.60. The van der Waals surface area contributed by atoms with Crippen LogP contribution in [0.15, 0.2) is 24.3 Å². The molecule has 0 aliphatic carbocycles. The number of nitrogens with one attached hydrogen (secondary N) is 1. The Morgan fingerprint density at radius 1 is 1.38 bits per heavy atom. The van der Waals surface area contributed by atoms with Crippen LogP contribution in [0.4, 0.5) is 5.13 Å². The molecule has 0 saturated carbocycles. The van der Waals surface area contributed by atoms with Crippen molar-refractivity contribution in [2.45, 2.75) is 20.3 Å². The van der Waals surface area contributed by atoms with Crippen molar-refractivity contribution in [2.24, 2.45) is 11.8 Å². The Balaban J connectivity index is 1.66. The van der Waals surface area contributed by atoms with Crippen molar-refractivity contribution < 1.29 is 14.3 Å². The van der Waals surface area contributed by atoms with Gasteiger partial charge in [-0.1, -0.05) is 37.3 Å².